The maximum Gasteiger partial charge on any atom is 0.270 e. The Labute approximate surface area is 116 Å². The van der Waals surface area contributed by atoms with Crippen molar-refractivity contribution in [3.8, 4) is 0 Å². The van der Waals surface area contributed by atoms with Crippen LogP contribution >= 0.6 is 0 Å². The number of amides is 1. The molecule has 0 unspecified atom stereocenters. The third kappa shape index (κ3) is 3.61. The maximum atomic E-state index is 12.0. The normalized spacial score (nSPS) is 12.2. The number of nitrogens with zero attached hydrogens (tertiary/aromatic N) is 4. The van der Waals surface area contributed by atoms with Crippen molar-refractivity contribution in [1.29, 1.82) is 0 Å². The number of hydrogen-bond donors (Lipinski definition) is 2. The lowest BCUT2D eigenvalue weighted by atomic mass is 10.1. The highest BCUT2D eigenvalue weighted by atomic mass is 16.3. The number of carbonyl (C=O) groups is 1. The first-order chi connectivity index (χ1) is 9.56. The second-order valence-electron chi connectivity index (χ2n) is 4.67. The molecule has 2 aromatic heterocycles. The molecule has 0 aliphatic rings. The molecule has 0 bridgehead atoms. The van der Waals surface area contributed by atoms with Crippen LogP contribution in [0.2, 0.25) is 0 Å². The number of rotatable bonds is 5. The van der Waals surface area contributed by atoms with Gasteiger partial charge in [-0.15, -0.1) is 5.10 Å². The maximum absolute atomic E-state index is 12.0. The molecule has 7 heteroatoms. The molecule has 0 saturated carbocycles. The third-order valence-corrected chi connectivity index (χ3v) is 2.80. The SMILES string of the molecule is Cc1cnc(C(=O)NC[C@H](O)Cn2ccnn2)c(C)c1. The van der Waals surface area contributed by atoms with E-state index < -0.39 is 6.10 Å². The zero-order valence-corrected chi connectivity index (χ0v) is 11.4. The molecule has 1 amide bonds. The molecule has 2 rings (SSSR count). The van der Waals surface area contributed by atoms with Gasteiger partial charge in [0.25, 0.3) is 5.91 Å². The van der Waals surface area contributed by atoms with E-state index in [1.807, 2.05) is 19.9 Å². The third-order valence-electron chi connectivity index (χ3n) is 2.80. The summed E-state index contributed by atoms with van der Waals surface area (Å²) in [4.78, 5) is 16.1. The average Bonchev–Trinajstić information content (AvgIpc) is 2.89. The Hall–Kier alpha value is -2.28. The highest BCUT2D eigenvalue weighted by Crippen LogP contribution is 2.06. The van der Waals surface area contributed by atoms with Gasteiger partial charge in [0.1, 0.15) is 5.69 Å². The molecule has 1 atom stereocenters. The van der Waals surface area contributed by atoms with E-state index in [2.05, 4.69) is 20.6 Å². The Kier molecular flexibility index (Phi) is 4.41. The quantitative estimate of drug-likeness (QED) is 0.806. The van der Waals surface area contributed by atoms with E-state index in [0.717, 1.165) is 11.1 Å². The summed E-state index contributed by atoms with van der Waals surface area (Å²) in [6.45, 7) is 4.17. The van der Waals surface area contributed by atoms with Crippen molar-refractivity contribution < 1.29 is 9.90 Å². The Morgan fingerprint density at radius 2 is 2.30 bits per heavy atom. The van der Waals surface area contributed by atoms with Crippen LogP contribution in [0.25, 0.3) is 0 Å². The monoisotopic (exact) mass is 275 g/mol. The first kappa shape index (κ1) is 14.1. The number of pyridine rings is 1. The van der Waals surface area contributed by atoms with E-state index in [0.29, 0.717) is 5.69 Å². The summed E-state index contributed by atoms with van der Waals surface area (Å²) in [5.41, 5.74) is 2.20. The van der Waals surface area contributed by atoms with E-state index in [9.17, 15) is 9.90 Å². The molecule has 0 aromatic carbocycles. The van der Waals surface area contributed by atoms with E-state index in [4.69, 9.17) is 0 Å². The number of nitrogens with one attached hydrogen (secondary N) is 1. The molecular formula is C13H17N5O2. The lowest BCUT2D eigenvalue weighted by molar-refractivity contribution is 0.0894. The predicted molar refractivity (Wildman–Crippen MR) is 72.1 cm³/mol. The summed E-state index contributed by atoms with van der Waals surface area (Å²) in [6.07, 6.45) is 4.10. The second kappa shape index (κ2) is 6.25. The Morgan fingerprint density at radius 1 is 1.50 bits per heavy atom. The van der Waals surface area contributed by atoms with Gasteiger partial charge in [-0.1, -0.05) is 11.3 Å². The molecule has 0 aliphatic heterocycles. The molecule has 2 heterocycles. The van der Waals surface area contributed by atoms with Gasteiger partial charge in [0.05, 0.1) is 18.8 Å². The Balaban J connectivity index is 1.88. The van der Waals surface area contributed by atoms with Gasteiger partial charge in [0.2, 0.25) is 0 Å². The van der Waals surface area contributed by atoms with Crippen LogP contribution in [0.3, 0.4) is 0 Å². The lowest BCUT2D eigenvalue weighted by Gasteiger charge is -2.12. The zero-order chi connectivity index (χ0) is 14.5. The molecule has 2 aromatic rings. The van der Waals surface area contributed by atoms with Gasteiger partial charge in [0.15, 0.2) is 0 Å². The zero-order valence-electron chi connectivity index (χ0n) is 11.4. The second-order valence-corrected chi connectivity index (χ2v) is 4.67. The van der Waals surface area contributed by atoms with Gasteiger partial charge < -0.3 is 10.4 Å². The fraction of sp³-hybridized carbons (Fsp3) is 0.385. The van der Waals surface area contributed by atoms with Crippen LogP contribution < -0.4 is 5.32 Å². The molecule has 0 aliphatic carbocycles. The summed E-state index contributed by atoms with van der Waals surface area (Å²) in [7, 11) is 0. The van der Waals surface area contributed by atoms with Crippen LogP contribution in [0.5, 0.6) is 0 Å². The molecule has 7 nitrogen and oxygen atoms in total. The molecule has 20 heavy (non-hydrogen) atoms. The molecule has 0 radical (unpaired) electrons. The first-order valence-electron chi connectivity index (χ1n) is 6.30. The van der Waals surface area contributed by atoms with Gasteiger partial charge >= 0.3 is 0 Å². The number of aryl methyl sites for hydroxylation is 2. The minimum absolute atomic E-state index is 0.133. The van der Waals surface area contributed by atoms with Crippen LogP contribution in [0, 0.1) is 13.8 Å². The average molecular weight is 275 g/mol. The lowest BCUT2D eigenvalue weighted by Crippen LogP contribution is -2.35. The number of hydrogen-bond acceptors (Lipinski definition) is 5. The number of aliphatic hydroxyl groups is 1. The number of carbonyl (C=O) groups excluding carboxylic acids is 1. The van der Waals surface area contributed by atoms with Crippen LogP contribution in [-0.2, 0) is 6.54 Å². The summed E-state index contributed by atoms with van der Waals surface area (Å²) < 4.78 is 1.51. The van der Waals surface area contributed by atoms with Crippen LogP contribution in [0.1, 0.15) is 21.6 Å². The van der Waals surface area contributed by atoms with Crippen molar-refractivity contribution in [1.82, 2.24) is 25.3 Å². The fourth-order valence-corrected chi connectivity index (χ4v) is 1.86. The number of aromatic nitrogens is 4. The van der Waals surface area contributed by atoms with Crippen molar-refractivity contribution in [2.75, 3.05) is 6.54 Å². The van der Waals surface area contributed by atoms with Gasteiger partial charge in [0, 0.05) is 18.9 Å². The molecule has 106 valence electrons. The highest BCUT2D eigenvalue weighted by molar-refractivity contribution is 5.93. The van der Waals surface area contributed by atoms with Crippen LogP contribution in [0.15, 0.2) is 24.7 Å². The van der Waals surface area contributed by atoms with E-state index >= 15 is 0 Å². The smallest absolute Gasteiger partial charge is 0.270 e. The van der Waals surface area contributed by atoms with Crippen molar-refractivity contribution >= 4 is 5.91 Å². The van der Waals surface area contributed by atoms with Crippen molar-refractivity contribution in [2.24, 2.45) is 0 Å². The van der Waals surface area contributed by atoms with Crippen LogP contribution in [0.4, 0.5) is 0 Å². The highest BCUT2D eigenvalue weighted by Gasteiger charge is 2.13. The van der Waals surface area contributed by atoms with E-state index in [1.165, 1.54) is 10.9 Å². The van der Waals surface area contributed by atoms with E-state index in [-0.39, 0.29) is 19.0 Å². The minimum Gasteiger partial charge on any atom is -0.389 e. The fourth-order valence-electron chi connectivity index (χ4n) is 1.86. The molecule has 0 saturated heterocycles. The summed E-state index contributed by atoms with van der Waals surface area (Å²) in [5.74, 6) is -0.292. The van der Waals surface area contributed by atoms with Gasteiger partial charge in [-0.05, 0) is 25.0 Å². The minimum atomic E-state index is -0.730. The van der Waals surface area contributed by atoms with E-state index in [1.54, 1.807) is 12.4 Å². The molecular weight excluding hydrogens is 258 g/mol. The Bertz CT molecular complexity index is 582. The summed E-state index contributed by atoms with van der Waals surface area (Å²) in [5, 5.41) is 19.9. The molecule has 2 N–H and O–H groups in total. The predicted octanol–water partition coefficient (Wildman–Crippen LogP) is 0.0808. The van der Waals surface area contributed by atoms with Gasteiger partial charge in [-0.2, -0.15) is 0 Å². The van der Waals surface area contributed by atoms with Crippen molar-refractivity contribution in [3.05, 3.63) is 41.5 Å². The van der Waals surface area contributed by atoms with Crippen molar-refractivity contribution in [3.63, 3.8) is 0 Å². The topological polar surface area (TPSA) is 92.9 Å². The van der Waals surface area contributed by atoms with Gasteiger partial charge in [-0.25, -0.2) is 4.68 Å². The van der Waals surface area contributed by atoms with Gasteiger partial charge in [-0.3, -0.25) is 9.78 Å². The Morgan fingerprint density at radius 3 is 2.95 bits per heavy atom. The first-order valence-corrected chi connectivity index (χ1v) is 6.30. The van der Waals surface area contributed by atoms with Crippen molar-refractivity contribution in [2.45, 2.75) is 26.5 Å². The summed E-state index contributed by atoms with van der Waals surface area (Å²) in [6, 6.07) is 1.90. The van der Waals surface area contributed by atoms with Crippen LogP contribution in [-0.4, -0.2) is 43.6 Å². The standard InChI is InChI=1S/C13H17N5O2/c1-9-5-10(2)12(14-6-9)13(20)15-7-11(19)8-18-4-3-16-17-18/h3-6,11,19H,7-8H2,1-2H3,(H,15,20)/t11-/m0/s1. The molecule has 0 fully saturated rings. The molecule has 0 spiro atoms. The summed E-state index contributed by atoms with van der Waals surface area (Å²) >= 11 is 0. The largest absolute Gasteiger partial charge is 0.389 e. The number of aliphatic hydroxyl groups excluding tert-OH is 1.